The van der Waals surface area contributed by atoms with E-state index in [9.17, 15) is 14.7 Å². The third-order valence-corrected chi connectivity index (χ3v) is 5.33. The minimum absolute atomic E-state index is 0.0237. The van der Waals surface area contributed by atoms with Gasteiger partial charge in [-0.1, -0.05) is 18.2 Å². The number of hydrogen-bond donors (Lipinski definition) is 1. The van der Waals surface area contributed by atoms with E-state index >= 15 is 0 Å². The van der Waals surface area contributed by atoms with Gasteiger partial charge in [0.05, 0.1) is 24.5 Å². The minimum atomic E-state index is -0.826. The van der Waals surface area contributed by atoms with Crippen molar-refractivity contribution in [3.05, 3.63) is 89.6 Å². The molecule has 1 unspecified atom stereocenters. The Morgan fingerprint density at radius 3 is 2.50 bits per heavy atom. The summed E-state index contributed by atoms with van der Waals surface area (Å²) in [6.45, 7) is 2.34. The zero-order valence-corrected chi connectivity index (χ0v) is 18.1. The smallest absolute Gasteiger partial charge is 0.294 e. The van der Waals surface area contributed by atoms with Crippen LogP contribution in [0.15, 0.2) is 82.7 Å². The Morgan fingerprint density at radius 1 is 1.12 bits per heavy atom. The van der Waals surface area contributed by atoms with E-state index in [1.165, 1.54) is 17.2 Å². The maximum atomic E-state index is 13.2. The molecule has 1 aromatic heterocycles. The van der Waals surface area contributed by atoms with Crippen molar-refractivity contribution in [2.24, 2.45) is 0 Å². The number of ketones is 1. The van der Waals surface area contributed by atoms with Crippen molar-refractivity contribution in [3.63, 3.8) is 0 Å². The van der Waals surface area contributed by atoms with Crippen LogP contribution in [-0.4, -0.2) is 37.5 Å². The summed E-state index contributed by atoms with van der Waals surface area (Å²) >= 11 is 0. The maximum absolute atomic E-state index is 13.2. The van der Waals surface area contributed by atoms with Gasteiger partial charge in [-0.25, -0.2) is 0 Å². The van der Waals surface area contributed by atoms with Crippen molar-refractivity contribution >= 4 is 23.1 Å². The Bertz CT molecular complexity index is 1160. The van der Waals surface area contributed by atoms with Crippen LogP contribution in [0.25, 0.3) is 0 Å². The van der Waals surface area contributed by atoms with E-state index in [-0.39, 0.29) is 11.3 Å². The molecule has 0 spiro atoms. The van der Waals surface area contributed by atoms with Crippen LogP contribution in [-0.2, 0) is 4.79 Å². The summed E-state index contributed by atoms with van der Waals surface area (Å²) in [5, 5.41) is 10.8. The molecule has 1 aliphatic heterocycles. The van der Waals surface area contributed by atoms with Crippen molar-refractivity contribution in [3.8, 4) is 5.75 Å². The van der Waals surface area contributed by atoms with Gasteiger partial charge < -0.3 is 19.2 Å². The zero-order chi connectivity index (χ0) is 22.8. The number of rotatable bonds is 7. The van der Waals surface area contributed by atoms with Crippen molar-refractivity contribution in [1.29, 1.82) is 0 Å². The second-order valence-corrected chi connectivity index (χ2v) is 7.56. The molecule has 7 nitrogen and oxygen atoms in total. The van der Waals surface area contributed by atoms with Gasteiger partial charge in [-0.15, -0.1) is 0 Å². The number of furan rings is 1. The summed E-state index contributed by atoms with van der Waals surface area (Å²) in [6.07, 6.45) is 1.38. The van der Waals surface area contributed by atoms with Gasteiger partial charge in [-0.05, 0) is 48.9 Å². The standard InChI is InChI=1S/C25H24N2O5/c1-4-31-19-8-5-7-18(15-19)27-22(16-10-12-17(13-11-16)26(2)3)21(24(29)25(27)30)23(28)20-9-6-14-32-20/h5-15,22,29H,4H2,1-3H3. The van der Waals surface area contributed by atoms with Crippen molar-refractivity contribution in [2.45, 2.75) is 13.0 Å². The number of carbonyl (C=O) groups excluding carboxylic acids is 2. The predicted molar refractivity (Wildman–Crippen MR) is 121 cm³/mol. The number of ether oxygens (including phenoxy) is 1. The minimum Gasteiger partial charge on any atom is -0.503 e. The molecule has 0 saturated heterocycles. The van der Waals surface area contributed by atoms with Crippen LogP contribution in [0, 0.1) is 0 Å². The van der Waals surface area contributed by atoms with Crippen LogP contribution in [0.4, 0.5) is 11.4 Å². The Hall–Kier alpha value is -4.00. The fourth-order valence-electron chi connectivity index (χ4n) is 3.80. The summed E-state index contributed by atoms with van der Waals surface area (Å²) in [6, 6.07) is 16.8. The van der Waals surface area contributed by atoms with Gasteiger partial charge in [-0.2, -0.15) is 0 Å². The van der Waals surface area contributed by atoms with E-state index < -0.39 is 23.5 Å². The van der Waals surface area contributed by atoms with Gasteiger partial charge in [0.1, 0.15) is 5.75 Å². The molecule has 0 saturated carbocycles. The largest absolute Gasteiger partial charge is 0.503 e. The maximum Gasteiger partial charge on any atom is 0.294 e. The summed E-state index contributed by atoms with van der Waals surface area (Å²) in [5.74, 6) is -1.14. The van der Waals surface area contributed by atoms with Gasteiger partial charge in [-0.3, -0.25) is 14.5 Å². The fraction of sp³-hybridized carbons (Fsp3) is 0.200. The first kappa shape index (κ1) is 21.2. The van der Waals surface area contributed by atoms with Crippen molar-refractivity contribution in [2.75, 3.05) is 30.5 Å². The van der Waals surface area contributed by atoms with Gasteiger partial charge >= 0.3 is 0 Å². The van der Waals surface area contributed by atoms with E-state index in [1.54, 1.807) is 30.3 Å². The van der Waals surface area contributed by atoms with E-state index in [2.05, 4.69) is 0 Å². The third kappa shape index (κ3) is 3.73. The van der Waals surface area contributed by atoms with Gasteiger partial charge in [0, 0.05) is 31.5 Å². The lowest BCUT2D eigenvalue weighted by molar-refractivity contribution is -0.117. The van der Waals surface area contributed by atoms with Gasteiger partial charge in [0.25, 0.3) is 5.91 Å². The van der Waals surface area contributed by atoms with E-state index in [0.717, 1.165) is 5.69 Å². The molecule has 2 aromatic carbocycles. The molecule has 1 N–H and O–H groups in total. The van der Waals surface area contributed by atoms with E-state index in [0.29, 0.717) is 23.6 Å². The van der Waals surface area contributed by atoms with Crippen LogP contribution in [0.3, 0.4) is 0 Å². The number of nitrogens with zero attached hydrogens (tertiary/aromatic N) is 2. The Labute approximate surface area is 186 Å². The second-order valence-electron chi connectivity index (χ2n) is 7.56. The molecule has 32 heavy (non-hydrogen) atoms. The third-order valence-electron chi connectivity index (χ3n) is 5.33. The lowest BCUT2D eigenvalue weighted by Crippen LogP contribution is -2.31. The molecular weight excluding hydrogens is 408 g/mol. The SMILES string of the molecule is CCOc1cccc(N2C(=O)C(O)=C(C(=O)c3ccco3)C2c2ccc(N(C)C)cc2)c1. The Kier molecular flexibility index (Phi) is 5.73. The molecule has 0 aliphatic carbocycles. The van der Waals surface area contributed by atoms with E-state index in [4.69, 9.17) is 9.15 Å². The molecule has 1 amide bonds. The Balaban J connectivity index is 1.85. The molecule has 1 atom stereocenters. The summed E-state index contributed by atoms with van der Waals surface area (Å²) in [7, 11) is 3.86. The number of amides is 1. The number of aliphatic hydroxyl groups is 1. The quantitative estimate of drug-likeness (QED) is 0.553. The number of Topliss-reactive ketones (excluding diaryl/α,β-unsaturated/α-hetero) is 1. The molecule has 3 aromatic rings. The predicted octanol–water partition coefficient (Wildman–Crippen LogP) is 4.53. The van der Waals surface area contributed by atoms with E-state index in [1.807, 2.05) is 50.2 Å². The lowest BCUT2D eigenvalue weighted by Gasteiger charge is -2.27. The van der Waals surface area contributed by atoms with Crippen molar-refractivity contribution < 1.29 is 23.8 Å². The molecule has 1 aliphatic rings. The molecule has 0 fully saturated rings. The number of carbonyl (C=O) groups is 2. The van der Waals surface area contributed by atoms with Crippen LogP contribution in [0.2, 0.25) is 0 Å². The Morgan fingerprint density at radius 2 is 1.88 bits per heavy atom. The average molecular weight is 432 g/mol. The molecular formula is C25H24N2O5. The number of aliphatic hydroxyl groups excluding tert-OH is 1. The topological polar surface area (TPSA) is 83.2 Å². The lowest BCUT2D eigenvalue weighted by atomic mass is 9.94. The first-order chi connectivity index (χ1) is 15.4. The monoisotopic (exact) mass is 432 g/mol. The van der Waals surface area contributed by atoms with Crippen molar-refractivity contribution in [1.82, 2.24) is 0 Å². The normalized spacial score (nSPS) is 15.9. The highest BCUT2D eigenvalue weighted by Gasteiger charge is 2.45. The highest BCUT2D eigenvalue weighted by molar-refractivity contribution is 6.20. The average Bonchev–Trinajstić information content (AvgIpc) is 3.41. The highest BCUT2D eigenvalue weighted by atomic mass is 16.5. The summed E-state index contributed by atoms with van der Waals surface area (Å²) in [5.41, 5.74) is 2.14. The van der Waals surface area contributed by atoms with Gasteiger partial charge in [0.2, 0.25) is 5.78 Å². The van der Waals surface area contributed by atoms with Crippen LogP contribution >= 0.6 is 0 Å². The molecule has 0 radical (unpaired) electrons. The molecule has 2 heterocycles. The molecule has 4 rings (SSSR count). The van der Waals surface area contributed by atoms with Crippen LogP contribution in [0.1, 0.15) is 29.1 Å². The van der Waals surface area contributed by atoms with Crippen LogP contribution in [0.5, 0.6) is 5.75 Å². The highest BCUT2D eigenvalue weighted by Crippen LogP contribution is 2.42. The number of anilines is 2. The first-order valence-corrected chi connectivity index (χ1v) is 10.3. The summed E-state index contributed by atoms with van der Waals surface area (Å²) in [4.78, 5) is 29.8. The molecule has 7 heteroatoms. The first-order valence-electron chi connectivity index (χ1n) is 10.3. The second kappa shape index (κ2) is 8.63. The molecule has 0 bridgehead atoms. The molecule has 164 valence electrons. The zero-order valence-electron chi connectivity index (χ0n) is 18.1. The van der Waals surface area contributed by atoms with Crippen LogP contribution < -0.4 is 14.5 Å². The van der Waals surface area contributed by atoms with Gasteiger partial charge in [0.15, 0.2) is 11.5 Å². The fourth-order valence-corrected chi connectivity index (χ4v) is 3.80. The number of hydrogen-bond acceptors (Lipinski definition) is 6. The summed E-state index contributed by atoms with van der Waals surface area (Å²) < 4.78 is 10.8. The number of benzene rings is 2.